The Balaban J connectivity index is 1.68. The number of hydrogen-bond acceptors (Lipinski definition) is 0. The van der Waals surface area contributed by atoms with Crippen molar-refractivity contribution in [1.29, 1.82) is 0 Å². The van der Waals surface area contributed by atoms with Gasteiger partial charge in [-0.15, -0.1) is 0 Å². The van der Waals surface area contributed by atoms with Crippen LogP contribution in [0.2, 0.25) is 0 Å². The first-order valence-corrected chi connectivity index (χ1v) is 14.6. The lowest BCUT2D eigenvalue weighted by atomic mass is 10.2. The first kappa shape index (κ1) is 20.9. The molecule has 142 valence electrons. The van der Waals surface area contributed by atoms with Gasteiger partial charge < -0.3 is 0 Å². The van der Waals surface area contributed by atoms with Crippen molar-refractivity contribution in [3.05, 3.63) is 91.0 Å². The van der Waals surface area contributed by atoms with Gasteiger partial charge in [0.2, 0.25) is 0 Å². The molecule has 1 aliphatic heterocycles. The fourth-order valence-corrected chi connectivity index (χ4v) is 12.1. The van der Waals surface area contributed by atoms with Gasteiger partial charge in [0.1, 0.15) is 0 Å². The summed E-state index contributed by atoms with van der Waals surface area (Å²) in [5.41, 5.74) is 0.956. The zero-order valence-corrected chi connectivity index (χ0v) is 19.0. The normalized spacial score (nSPS) is 23.0. The van der Waals surface area contributed by atoms with E-state index in [1.54, 1.807) is 0 Å². The molecule has 4 radical (unpaired) electrons. The van der Waals surface area contributed by atoms with Gasteiger partial charge in [-0.2, -0.15) is 0 Å². The van der Waals surface area contributed by atoms with E-state index in [2.05, 4.69) is 97.9 Å². The molecular weight excluding hydrogens is 384 g/mol. The summed E-state index contributed by atoms with van der Waals surface area (Å²) >= 11 is 0. The van der Waals surface area contributed by atoms with E-state index in [-0.39, 0.29) is 0 Å². The molecule has 0 nitrogen and oxygen atoms in total. The smallest absolute Gasteiger partial charge is 0.0620 e. The molecule has 0 spiro atoms. The van der Waals surface area contributed by atoms with Crippen molar-refractivity contribution >= 4 is 45.3 Å². The Morgan fingerprint density at radius 3 is 1.86 bits per heavy atom. The van der Waals surface area contributed by atoms with Gasteiger partial charge in [-0.3, -0.25) is 0 Å². The van der Waals surface area contributed by atoms with E-state index >= 15 is 0 Å². The maximum Gasteiger partial charge on any atom is 0.377 e. The van der Waals surface area contributed by atoms with Gasteiger partial charge in [0.15, 0.2) is 0 Å². The SMILES string of the molecule is [B][P+](c1ccccc1)(c1ccccc1)C(C)C[C@H]1CCC[P+]1([B])c1ccccc1. The van der Waals surface area contributed by atoms with Crippen LogP contribution in [-0.2, 0) is 0 Å². The highest BCUT2D eigenvalue weighted by atomic mass is 31.2. The summed E-state index contributed by atoms with van der Waals surface area (Å²) in [5.74, 6) is 0. The summed E-state index contributed by atoms with van der Waals surface area (Å²) in [7, 11) is 10.9. The van der Waals surface area contributed by atoms with E-state index < -0.39 is 14.3 Å². The van der Waals surface area contributed by atoms with Crippen LogP contribution in [0.1, 0.15) is 26.2 Å². The van der Waals surface area contributed by atoms with Crippen molar-refractivity contribution in [2.45, 2.75) is 37.5 Å². The highest BCUT2D eigenvalue weighted by Gasteiger charge is 2.51. The summed E-state index contributed by atoms with van der Waals surface area (Å²) in [4.78, 5) is 0. The molecule has 1 heterocycles. The molecule has 1 aliphatic rings. The molecule has 3 aromatic rings. The standard InChI is InChI=1S/C25H28B2P2/c1-21(20-25-18-11-19-28(25,26)22-12-5-2-6-13-22)29(27,23-14-7-3-8-15-23)24-16-9-4-10-17-24/h2-10,12-17,21,25H,11,18-20H2,1H3/q+2/t21?,25-,28?/m1/s1. The lowest BCUT2D eigenvalue weighted by molar-refractivity contribution is 0.704. The first-order valence-electron chi connectivity index (χ1n) is 10.6. The average Bonchev–Trinajstić information content (AvgIpc) is 3.16. The van der Waals surface area contributed by atoms with E-state index in [4.69, 9.17) is 15.1 Å². The highest BCUT2D eigenvalue weighted by molar-refractivity contribution is 8.09. The molecule has 1 fully saturated rings. The summed E-state index contributed by atoms with van der Waals surface area (Å²) in [5, 5.41) is 3.96. The van der Waals surface area contributed by atoms with Crippen molar-refractivity contribution in [2.75, 3.05) is 6.16 Å². The van der Waals surface area contributed by atoms with Crippen molar-refractivity contribution in [2.24, 2.45) is 0 Å². The van der Waals surface area contributed by atoms with Crippen LogP contribution in [0.3, 0.4) is 0 Å². The van der Waals surface area contributed by atoms with Crippen LogP contribution in [0.5, 0.6) is 0 Å². The Bertz CT molecular complexity index is 878. The van der Waals surface area contributed by atoms with Crippen LogP contribution in [0.4, 0.5) is 0 Å². The molecule has 4 rings (SSSR count). The third-order valence-corrected chi connectivity index (χ3v) is 14.6. The van der Waals surface area contributed by atoms with Crippen LogP contribution < -0.4 is 15.9 Å². The fourth-order valence-electron chi connectivity index (χ4n) is 4.92. The minimum absolute atomic E-state index is 0.391. The van der Waals surface area contributed by atoms with Crippen LogP contribution in [-0.4, -0.2) is 32.6 Å². The minimum Gasteiger partial charge on any atom is -0.0620 e. The van der Waals surface area contributed by atoms with E-state index in [9.17, 15) is 0 Å². The van der Waals surface area contributed by atoms with Crippen molar-refractivity contribution in [3.8, 4) is 0 Å². The van der Waals surface area contributed by atoms with Crippen molar-refractivity contribution in [3.63, 3.8) is 0 Å². The van der Waals surface area contributed by atoms with Gasteiger partial charge in [0.05, 0.1) is 27.2 Å². The Morgan fingerprint density at radius 1 is 0.862 bits per heavy atom. The molecule has 3 aromatic carbocycles. The van der Waals surface area contributed by atoms with Crippen LogP contribution in [0.25, 0.3) is 0 Å². The summed E-state index contributed by atoms with van der Waals surface area (Å²) < 4.78 is 0. The average molecular weight is 412 g/mol. The molecule has 0 amide bonds. The van der Waals surface area contributed by atoms with Crippen LogP contribution in [0, 0.1) is 0 Å². The summed E-state index contributed by atoms with van der Waals surface area (Å²) in [6, 6.07) is 32.3. The van der Waals surface area contributed by atoms with Gasteiger partial charge in [-0.05, 0) is 63.3 Å². The number of hydrogen-bond donors (Lipinski definition) is 0. The fraction of sp³-hybridized carbons (Fsp3) is 0.280. The monoisotopic (exact) mass is 412 g/mol. The topological polar surface area (TPSA) is 0 Å². The van der Waals surface area contributed by atoms with E-state index in [1.165, 1.54) is 34.9 Å². The van der Waals surface area contributed by atoms with Gasteiger partial charge in [-0.25, -0.2) is 0 Å². The Kier molecular flexibility index (Phi) is 6.34. The predicted octanol–water partition coefficient (Wildman–Crippen LogP) is 5.11. The summed E-state index contributed by atoms with van der Waals surface area (Å²) in [6.07, 6.45) is 4.74. The van der Waals surface area contributed by atoms with Crippen molar-refractivity contribution < 1.29 is 0 Å². The maximum absolute atomic E-state index is 7.37. The molecule has 0 aliphatic carbocycles. The second-order valence-corrected chi connectivity index (χ2v) is 15.3. The lowest BCUT2D eigenvalue weighted by Crippen LogP contribution is -2.33. The third kappa shape index (κ3) is 4.00. The first-order chi connectivity index (χ1) is 14.0. The molecule has 29 heavy (non-hydrogen) atoms. The molecule has 1 saturated heterocycles. The number of rotatable bonds is 6. The van der Waals surface area contributed by atoms with Crippen molar-refractivity contribution in [1.82, 2.24) is 0 Å². The Hall–Kier alpha value is -1.35. The molecular formula is C25H28B2P2+2. The van der Waals surface area contributed by atoms with Crippen LogP contribution >= 0.6 is 14.3 Å². The molecule has 0 bridgehead atoms. The van der Waals surface area contributed by atoms with Gasteiger partial charge in [0.25, 0.3) is 0 Å². The second kappa shape index (κ2) is 8.79. The molecule has 4 heteroatoms. The van der Waals surface area contributed by atoms with Gasteiger partial charge >= 0.3 is 15.1 Å². The predicted molar refractivity (Wildman–Crippen MR) is 136 cm³/mol. The molecule has 0 aromatic heterocycles. The Labute approximate surface area is 179 Å². The maximum atomic E-state index is 7.37. The number of benzene rings is 3. The van der Waals surface area contributed by atoms with Gasteiger partial charge in [0, 0.05) is 19.7 Å². The van der Waals surface area contributed by atoms with Crippen LogP contribution in [0.15, 0.2) is 91.0 Å². The van der Waals surface area contributed by atoms with Gasteiger partial charge in [-0.1, -0.05) is 54.6 Å². The largest absolute Gasteiger partial charge is 0.377 e. The quantitative estimate of drug-likeness (QED) is 0.390. The zero-order chi connectivity index (χ0) is 20.3. The molecule has 3 atom stereocenters. The van der Waals surface area contributed by atoms with E-state index in [0.717, 1.165) is 6.42 Å². The minimum atomic E-state index is -2.00. The molecule has 0 N–H and O–H groups in total. The second-order valence-electron chi connectivity index (χ2n) is 8.32. The Morgan fingerprint density at radius 2 is 1.34 bits per heavy atom. The highest BCUT2D eigenvalue weighted by Crippen LogP contribution is 2.67. The molecule has 0 saturated carbocycles. The zero-order valence-electron chi connectivity index (χ0n) is 17.2. The molecule has 2 unspecified atom stereocenters. The van der Waals surface area contributed by atoms with E-state index in [0.29, 0.717) is 11.3 Å². The van der Waals surface area contributed by atoms with E-state index in [1.807, 2.05) is 0 Å². The third-order valence-electron chi connectivity index (χ3n) is 6.63. The lowest BCUT2D eigenvalue weighted by Gasteiger charge is -2.34. The summed E-state index contributed by atoms with van der Waals surface area (Å²) in [6.45, 7) is 2.36.